The molecule has 2 aromatic rings. The van der Waals surface area contributed by atoms with Crippen molar-refractivity contribution in [2.45, 2.75) is 0 Å². The van der Waals surface area contributed by atoms with Crippen LogP contribution in [-0.4, -0.2) is 23.3 Å². The summed E-state index contributed by atoms with van der Waals surface area (Å²) in [5.74, 6) is -0.718. The Balaban J connectivity index is 2.56. The summed E-state index contributed by atoms with van der Waals surface area (Å²) in [5, 5.41) is 18.6. The lowest BCUT2D eigenvalue weighted by molar-refractivity contribution is -0.131. The standard InChI is InChI=1S/C16H14O4/c1-20-15-9-12(7-8-14(15)17)13(10-16(18)19)11-5-3-2-4-6-11/h2-10,17H,1H3,(H,18,19). The van der Waals surface area contributed by atoms with Crippen molar-refractivity contribution in [1.29, 1.82) is 0 Å². The van der Waals surface area contributed by atoms with Crippen molar-refractivity contribution >= 4 is 11.5 Å². The van der Waals surface area contributed by atoms with E-state index in [1.165, 1.54) is 13.2 Å². The van der Waals surface area contributed by atoms with Gasteiger partial charge in [0, 0.05) is 6.08 Å². The maximum Gasteiger partial charge on any atom is 0.328 e. The minimum Gasteiger partial charge on any atom is -0.504 e. The molecule has 4 heteroatoms. The molecule has 0 spiro atoms. The zero-order valence-electron chi connectivity index (χ0n) is 10.9. The van der Waals surface area contributed by atoms with Crippen LogP contribution >= 0.6 is 0 Å². The molecule has 4 nitrogen and oxygen atoms in total. The molecule has 2 rings (SSSR count). The van der Waals surface area contributed by atoms with E-state index in [-0.39, 0.29) is 5.75 Å². The van der Waals surface area contributed by atoms with Crippen LogP contribution in [0, 0.1) is 0 Å². The zero-order chi connectivity index (χ0) is 14.5. The number of rotatable bonds is 4. The van der Waals surface area contributed by atoms with E-state index < -0.39 is 5.97 Å². The topological polar surface area (TPSA) is 66.8 Å². The van der Waals surface area contributed by atoms with Crippen molar-refractivity contribution in [1.82, 2.24) is 0 Å². The Labute approximate surface area is 116 Å². The molecule has 2 aromatic carbocycles. The van der Waals surface area contributed by atoms with Crippen LogP contribution in [0.5, 0.6) is 11.5 Å². The Morgan fingerprint density at radius 1 is 1.10 bits per heavy atom. The van der Waals surface area contributed by atoms with Crippen molar-refractivity contribution < 1.29 is 19.7 Å². The van der Waals surface area contributed by atoms with Gasteiger partial charge < -0.3 is 14.9 Å². The maximum absolute atomic E-state index is 11.0. The number of phenols is 1. The van der Waals surface area contributed by atoms with E-state index in [1.54, 1.807) is 12.1 Å². The van der Waals surface area contributed by atoms with Crippen molar-refractivity contribution in [2.24, 2.45) is 0 Å². The number of ether oxygens (including phenoxy) is 1. The Kier molecular flexibility index (Phi) is 4.05. The lowest BCUT2D eigenvalue weighted by Crippen LogP contribution is -1.95. The van der Waals surface area contributed by atoms with Gasteiger partial charge in [0.25, 0.3) is 0 Å². The van der Waals surface area contributed by atoms with Gasteiger partial charge >= 0.3 is 5.97 Å². The largest absolute Gasteiger partial charge is 0.504 e. The number of hydrogen-bond acceptors (Lipinski definition) is 3. The number of carbonyl (C=O) groups is 1. The number of carboxylic acids is 1. The number of aliphatic carboxylic acids is 1. The molecule has 0 bridgehead atoms. The molecular formula is C16H14O4. The summed E-state index contributed by atoms with van der Waals surface area (Å²) < 4.78 is 5.05. The monoisotopic (exact) mass is 270 g/mol. The normalized spacial score (nSPS) is 11.2. The summed E-state index contributed by atoms with van der Waals surface area (Å²) in [6.07, 6.45) is 1.14. The summed E-state index contributed by atoms with van der Waals surface area (Å²) in [6, 6.07) is 13.9. The second-order valence-electron chi connectivity index (χ2n) is 4.15. The smallest absolute Gasteiger partial charge is 0.328 e. The van der Waals surface area contributed by atoms with Gasteiger partial charge in [0.15, 0.2) is 11.5 Å². The summed E-state index contributed by atoms with van der Waals surface area (Å²) in [7, 11) is 1.45. The Morgan fingerprint density at radius 2 is 1.80 bits per heavy atom. The van der Waals surface area contributed by atoms with E-state index in [2.05, 4.69) is 0 Å². The van der Waals surface area contributed by atoms with E-state index in [0.717, 1.165) is 11.6 Å². The highest BCUT2D eigenvalue weighted by molar-refractivity contribution is 5.95. The van der Waals surface area contributed by atoms with Crippen molar-refractivity contribution in [3.8, 4) is 11.5 Å². The third-order valence-electron chi connectivity index (χ3n) is 2.84. The van der Waals surface area contributed by atoms with Crippen LogP contribution < -0.4 is 4.74 Å². The molecule has 0 aliphatic heterocycles. The molecule has 0 aromatic heterocycles. The molecule has 0 saturated carbocycles. The van der Waals surface area contributed by atoms with Gasteiger partial charge in [0.2, 0.25) is 0 Å². The zero-order valence-corrected chi connectivity index (χ0v) is 10.9. The van der Waals surface area contributed by atoms with Gasteiger partial charge in [0.05, 0.1) is 7.11 Å². The highest BCUT2D eigenvalue weighted by Crippen LogP contribution is 2.31. The third-order valence-corrected chi connectivity index (χ3v) is 2.84. The summed E-state index contributed by atoms with van der Waals surface area (Å²) in [4.78, 5) is 11.0. The van der Waals surface area contributed by atoms with Crippen LogP contribution in [0.4, 0.5) is 0 Å². The predicted molar refractivity (Wildman–Crippen MR) is 75.8 cm³/mol. The molecule has 0 heterocycles. The fraction of sp³-hybridized carbons (Fsp3) is 0.0625. The van der Waals surface area contributed by atoms with Gasteiger partial charge in [-0.2, -0.15) is 0 Å². The minimum absolute atomic E-state index is 0.0130. The predicted octanol–water partition coefficient (Wildman–Crippen LogP) is 2.92. The first kappa shape index (κ1) is 13.7. The van der Waals surface area contributed by atoms with Gasteiger partial charge in [-0.05, 0) is 28.8 Å². The average Bonchev–Trinajstić information content (AvgIpc) is 2.46. The maximum atomic E-state index is 11.0. The van der Waals surface area contributed by atoms with E-state index >= 15 is 0 Å². The van der Waals surface area contributed by atoms with Gasteiger partial charge in [-0.1, -0.05) is 36.4 Å². The van der Waals surface area contributed by atoms with E-state index in [9.17, 15) is 9.90 Å². The number of hydrogen-bond donors (Lipinski definition) is 2. The number of phenolic OH excluding ortho intramolecular Hbond substituents is 1. The number of aromatic hydroxyl groups is 1. The molecule has 0 atom stereocenters. The van der Waals surface area contributed by atoms with Gasteiger partial charge in [-0.15, -0.1) is 0 Å². The quantitative estimate of drug-likeness (QED) is 0.838. The van der Waals surface area contributed by atoms with Crippen LogP contribution in [0.1, 0.15) is 11.1 Å². The third kappa shape index (κ3) is 2.98. The summed E-state index contributed by atoms with van der Waals surface area (Å²) >= 11 is 0. The van der Waals surface area contributed by atoms with Crippen molar-refractivity contribution in [3.63, 3.8) is 0 Å². The van der Waals surface area contributed by atoms with Crippen molar-refractivity contribution in [2.75, 3.05) is 7.11 Å². The van der Waals surface area contributed by atoms with Crippen LogP contribution in [0.15, 0.2) is 54.6 Å². The summed E-state index contributed by atoms with van der Waals surface area (Å²) in [5.41, 5.74) is 1.99. The first-order valence-corrected chi connectivity index (χ1v) is 5.99. The van der Waals surface area contributed by atoms with Crippen LogP contribution in [0.3, 0.4) is 0 Å². The average molecular weight is 270 g/mol. The molecular weight excluding hydrogens is 256 g/mol. The summed E-state index contributed by atoms with van der Waals surface area (Å²) in [6.45, 7) is 0. The molecule has 0 unspecified atom stereocenters. The Bertz CT molecular complexity index is 645. The van der Waals surface area contributed by atoms with Gasteiger partial charge in [0.1, 0.15) is 0 Å². The molecule has 20 heavy (non-hydrogen) atoms. The first-order valence-electron chi connectivity index (χ1n) is 5.99. The molecule has 2 N–H and O–H groups in total. The fourth-order valence-corrected chi connectivity index (χ4v) is 1.92. The highest BCUT2D eigenvalue weighted by atomic mass is 16.5. The lowest BCUT2D eigenvalue weighted by atomic mass is 9.97. The van der Waals surface area contributed by atoms with Gasteiger partial charge in [-0.3, -0.25) is 0 Å². The molecule has 0 fully saturated rings. The Morgan fingerprint density at radius 3 is 2.40 bits per heavy atom. The number of carboxylic acid groups (broad SMARTS) is 1. The molecule has 0 radical (unpaired) electrons. The second kappa shape index (κ2) is 5.93. The lowest BCUT2D eigenvalue weighted by Gasteiger charge is -2.10. The van der Waals surface area contributed by atoms with Crippen LogP contribution in [0.25, 0.3) is 5.57 Å². The van der Waals surface area contributed by atoms with Crippen LogP contribution in [-0.2, 0) is 4.79 Å². The Hall–Kier alpha value is -2.75. The molecule has 102 valence electrons. The van der Waals surface area contributed by atoms with Crippen molar-refractivity contribution in [3.05, 3.63) is 65.7 Å². The van der Waals surface area contributed by atoms with E-state index in [1.807, 2.05) is 30.3 Å². The number of benzene rings is 2. The molecule has 0 saturated heterocycles. The SMILES string of the molecule is COc1cc(C(=CC(=O)O)c2ccccc2)ccc1O. The van der Waals surface area contributed by atoms with Crippen LogP contribution in [0.2, 0.25) is 0 Å². The van der Waals surface area contributed by atoms with Gasteiger partial charge in [-0.25, -0.2) is 4.79 Å². The second-order valence-corrected chi connectivity index (χ2v) is 4.15. The molecule has 0 aliphatic rings. The van der Waals surface area contributed by atoms with E-state index in [4.69, 9.17) is 9.84 Å². The highest BCUT2D eigenvalue weighted by Gasteiger charge is 2.10. The number of methoxy groups -OCH3 is 1. The minimum atomic E-state index is -1.03. The molecule has 0 aliphatic carbocycles. The first-order chi connectivity index (χ1) is 9.61. The fourth-order valence-electron chi connectivity index (χ4n) is 1.92. The molecule has 0 amide bonds. The van der Waals surface area contributed by atoms with E-state index in [0.29, 0.717) is 16.9 Å².